The van der Waals surface area contributed by atoms with Crippen LogP contribution in [0.4, 0.5) is 0 Å². The Kier molecular flexibility index (Phi) is 3.89. The smallest absolute Gasteiger partial charge is 0.125 e. The molecule has 1 heterocycles. The second-order valence-corrected chi connectivity index (χ2v) is 5.06. The van der Waals surface area contributed by atoms with E-state index in [1.54, 1.807) is 37.7 Å². The Hall–Kier alpha value is -1.52. The number of rotatable bonds is 4. The predicted molar refractivity (Wildman–Crippen MR) is 72.7 cm³/mol. The van der Waals surface area contributed by atoms with Gasteiger partial charge < -0.3 is 14.6 Å². The molecule has 1 atom stereocenters. The molecule has 2 rings (SSSR count). The summed E-state index contributed by atoms with van der Waals surface area (Å²) in [6.45, 7) is 2.00. The number of hydrogen-bond acceptors (Lipinski definition) is 4. The monoisotopic (exact) mass is 264 g/mol. The van der Waals surface area contributed by atoms with Gasteiger partial charge in [-0.25, -0.2) is 0 Å². The van der Waals surface area contributed by atoms with Crippen LogP contribution in [0.15, 0.2) is 29.6 Å². The Morgan fingerprint density at radius 3 is 2.44 bits per heavy atom. The van der Waals surface area contributed by atoms with E-state index in [1.165, 1.54) is 0 Å². The van der Waals surface area contributed by atoms with Crippen molar-refractivity contribution in [3.63, 3.8) is 0 Å². The first-order valence-corrected chi connectivity index (χ1v) is 6.49. The van der Waals surface area contributed by atoms with Gasteiger partial charge in [0.05, 0.1) is 14.2 Å². The first-order valence-electron chi connectivity index (χ1n) is 5.61. The minimum atomic E-state index is -0.693. The highest BCUT2D eigenvalue weighted by Gasteiger charge is 2.18. The van der Waals surface area contributed by atoms with E-state index in [4.69, 9.17) is 9.47 Å². The molecule has 0 radical (unpaired) electrons. The van der Waals surface area contributed by atoms with Crippen LogP contribution in [-0.4, -0.2) is 19.3 Å². The summed E-state index contributed by atoms with van der Waals surface area (Å²) in [4.78, 5) is 1.10. The molecule has 1 aromatic heterocycles. The number of aliphatic hydroxyl groups is 1. The minimum Gasteiger partial charge on any atom is -0.497 e. The highest BCUT2D eigenvalue weighted by molar-refractivity contribution is 7.10. The van der Waals surface area contributed by atoms with E-state index in [1.807, 2.05) is 24.4 Å². The van der Waals surface area contributed by atoms with E-state index in [0.717, 1.165) is 16.0 Å². The van der Waals surface area contributed by atoms with Crippen molar-refractivity contribution >= 4 is 11.3 Å². The molecule has 4 heteroatoms. The fourth-order valence-corrected chi connectivity index (χ4v) is 2.63. The van der Waals surface area contributed by atoms with Gasteiger partial charge >= 0.3 is 0 Å². The molecule has 96 valence electrons. The zero-order valence-electron chi connectivity index (χ0n) is 10.6. The topological polar surface area (TPSA) is 38.7 Å². The van der Waals surface area contributed by atoms with Crippen molar-refractivity contribution in [1.29, 1.82) is 0 Å². The lowest BCUT2D eigenvalue weighted by atomic mass is 10.0. The van der Waals surface area contributed by atoms with Crippen molar-refractivity contribution in [1.82, 2.24) is 0 Å². The van der Waals surface area contributed by atoms with E-state index in [9.17, 15) is 5.11 Å². The van der Waals surface area contributed by atoms with E-state index in [2.05, 4.69) is 0 Å². The molecule has 0 aliphatic rings. The number of methoxy groups -OCH3 is 2. The van der Waals surface area contributed by atoms with E-state index < -0.39 is 6.10 Å². The molecule has 1 unspecified atom stereocenters. The van der Waals surface area contributed by atoms with Gasteiger partial charge in [-0.15, -0.1) is 11.3 Å². The Bertz CT molecular complexity index is 534. The second-order valence-electron chi connectivity index (χ2n) is 3.94. The molecule has 1 aromatic carbocycles. The molecular weight excluding hydrogens is 248 g/mol. The lowest BCUT2D eigenvalue weighted by Crippen LogP contribution is -2.03. The summed E-state index contributed by atoms with van der Waals surface area (Å²) in [5, 5.41) is 12.4. The number of hydrogen-bond donors (Lipinski definition) is 1. The molecule has 2 aromatic rings. The zero-order chi connectivity index (χ0) is 13.1. The summed E-state index contributed by atoms with van der Waals surface area (Å²) < 4.78 is 10.5. The summed E-state index contributed by atoms with van der Waals surface area (Å²) in [6, 6.07) is 7.36. The van der Waals surface area contributed by atoms with Gasteiger partial charge in [0.25, 0.3) is 0 Å². The average Bonchev–Trinajstić information content (AvgIpc) is 2.83. The average molecular weight is 264 g/mol. The minimum absolute atomic E-state index is 0.661. The van der Waals surface area contributed by atoms with Gasteiger partial charge in [0.15, 0.2) is 0 Å². The predicted octanol–water partition coefficient (Wildman–Crippen LogP) is 3.16. The standard InChI is InChI=1S/C14H16O3S/c1-9-11(6-7-18-9)14(15)12-8-10(16-2)4-5-13(12)17-3/h4-8,14-15H,1-3H3. The van der Waals surface area contributed by atoms with Gasteiger partial charge in [0.1, 0.15) is 17.6 Å². The number of aliphatic hydroxyl groups excluding tert-OH is 1. The summed E-state index contributed by atoms with van der Waals surface area (Å²) in [7, 11) is 3.20. The Labute approximate surface area is 111 Å². The molecule has 0 bridgehead atoms. The molecule has 0 amide bonds. The van der Waals surface area contributed by atoms with Crippen molar-refractivity contribution in [2.45, 2.75) is 13.0 Å². The molecule has 0 aliphatic heterocycles. The molecule has 1 N–H and O–H groups in total. The van der Waals surface area contributed by atoms with Crippen LogP contribution in [0.3, 0.4) is 0 Å². The first-order chi connectivity index (χ1) is 8.67. The largest absolute Gasteiger partial charge is 0.497 e. The molecule has 0 saturated carbocycles. The van der Waals surface area contributed by atoms with E-state index in [-0.39, 0.29) is 0 Å². The third-order valence-corrected chi connectivity index (χ3v) is 3.79. The van der Waals surface area contributed by atoms with Crippen molar-refractivity contribution in [2.24, 2.45) is 0 Å². The van der Waals surface area contributed by atoms with E-state index in [0.29, 0.717) is 11.5 Å². The molecule has 0 fully saturated rings. The number of ether oxygens (including phenoxy) is 2. The molecule has 3 nitrogen and oxygen atoms in total. The second kappa shape index (κ2) is 5.42. The third kappa shape index (κ3) is 2.35. The van der Waals surface area contributed by atoms with Crippen LogP contribution in [0.1, 0.15) is 22.1 Å². The van der Waals surface area contributed by atoms with Crippen LogP contribution in [0.2, 0.25) is 0 Å². The van der Waals surface area contributed by atoms with Crippen molar-refractivity contribution in [2.75, 3.05) is 14.2 Å². The van der Waals surface area contributed by atoms with Crippen LogP contribution in [0, 0.1) is 6.92 Å². The molecular formula is C14H16O3S. The van der Waals surface area contributed by atoms with Gasteiger partial charge in [0.2, 0.25) is 0 Å². The Morgan fingerprint density at radius 1 is 1.11 bits per heavy atom. The lowest BCUT2D eigenvalue weighted by Gasteiger charge is -2.16. The van der Waals surface area contributed by atoms with E-state index >= 15 is 0 Å². The van der Waals surface area contributed by atoms with Crippen LogP contribution in [-0.2, 0) is 0 Å². The van der Waals surface area contributed by atoms with Gasteiger partial charge in [-0.3, -0.25) is 0 Å². The zero-order valence-corrected chi connectivity index (χ0v) is 11.5. The van der Waals surface area contributed by atoms with Crippen LogP contribution in [0.5, 0.6) is 11.5 Å². The molecule has 0 spiro atoms. The SMILES string of the molecule is COc1ccc(OC)c(C(O)c2ccsc2C)c1. The Morgan fingerprint density at radius 2 is 1.89 bits per heavy atom. The van der Waals surface area contributed by atoms with Gasteiger partial charge in [-0.2, -0.15) is 0 Å². The van der Waals surface area contributed by atoms with Crippen molar-refractivity contribution < 1.29 is 14.6 Å². The highest BCUT2D eigenvalue weighted by Crippen LogP contribution is 2.35. The fraction of sp³-hybridized carbons (Fsp3) is 0.286. The maximum absolute atomic E-state index is 10.5. The third-order valence-electron chi connectivity index (χ3n) is 2.92. The summed E-state index contributed by atoms with van der Waals surface area (Å²) in [5.41, 5.74) is 1.63. The van der Waals surface area contributed by atoms with Gasteiger partial charge in [-0.05, 0) is 42.1 Å². The number of aryl methyl sites for hydroxylation is 1. The van der Waals surface area contributed by atoms with Crippen LogP contribution >= 0.6 is 11.3 Å². The summed E-state index contributed by atoms with van der Waals surface area (Å²) in [6.07, 6.45) is -0.693. The molecule has 0 saturated heterocycles. The maximum Gasteiger partial charge on any atom is 0.125 e. The van der Waals surface area contributed by atoms with Crippen LogP contribution < -0.4 is 9.47 Å². The lowest BCUT2D eigenvalue weighted by molar-refractivity contribution is 0.214. The van der Waals surface area contributed by atoms with Crippen LogP contribution in [0.25, 0.3) is 0 Å². The highest BCUT2D eigenvalue weighted by atomic mass is 32.1. The molecule has 0 aliphatic carbocycles. The first kappa shape index (κ1) is 12.9. The normalized spacial score (nSPS) is 12.2. The fourth-order valence-electron chi connectivity index (χ4n) is 1.90. The van der Waals surface area contributed by atoms with Gasteiger partial charge in [-0.1, -0.05) is 0 Å². The Balaban J connectivity index is 2.45. The van der Waals surface area contributed by atoms with Crippen molar-refractivity contribution in [3.05, 3.63) is 45.6 Å². The summed E-state index contributed by atoms with van der Waals surface area (Å²) >= 11 is 1.62. The number of thiophene rings is 1. The maximum atomic E-state index is 10.5. The van der Waals surface area contributed by atoms with Crippen molar-refractivity contribution in [3.8, 4) is 11.5 Å². The number of benzene rings is 1. The van der Waals surface area contributed by atoms with Gasteiger partial charge in [0, 0.05) is 10.4 Å². The quantitative estimate of drug-likeness (QED) is 0.922. The summed E-state index contributed by atoms with van der Waals surface area (Å²) in [5.74, 6) is 1.37. The molecule has 18 heavy (non-hydrogen) atoms.